The van der Waals surface area contributed by atoms with Crippen LogP contribution in [0.25, 0.3) is 10.8 Å². The van der Waals surface area contributed by atoms with Gasteiger partial charge < -0.3 is 10.1 Å². The minimum Gasteiger partial charge on any atom is -0.452 e. The highest BCUT2D eigenvalue weighted by Crippen LogP contribution is 2.24. The smallest absolute Gasteiger partial charge is 0.339 e. The van der Waals surface area contributed by atoms with Gasteiger partial charge in [-0.15, -0.1) is 0 Å². The molecule has 0 aliphatic rings. The Kier molecular flexibility index (Phi) is 5.68. The number of rotatable bonds is 5. The predicted molar refractivity (Wildman–Crippen MR) is 105 cm³/mol. The summed E-state index contributed by atoms with van der Waals surface area (Å²) in [4.78, 5) is 24.3. The fraction of sp³-hybridized carbons (Fsp3) is 0.143. The molecule has 0 radical (unpaired) electrons. The van der Waals surface area contributed by atoms with E-state index in [0.29, 0.717) is 10.0 Å². The lowest BCUT2D eigenvalue weighted by molar-refractivity contribution is -0.124. The largest absolute Gasteiger partial charge is 0.452 e. The summed E-state index contributed by atoms with van der Waals surface area (Å²) in [7, 11) is 0. The molecule has 3 rings (SSSR count). The first-order valence-electron chi connectivity index (χ1n) is 8.25. The molecular weight excluding hydrogens is 394 g/mol. The molecule has 0 aliphatic carbocycles. The molecule has 0 saturated heterocycles. The Morgan fingerprint density at radius 3 is 2.50 bits per heavy atom. The first-order chi connectivity index (χ1) is 12.6. The second-order valence-corrected chi connectivity index (χ2v) is 6.77. The van der Waals surface area contributed by atoms with Crippen molar-refractivity contribution >= 4 is 38.6 Å². The SMILES string of the molecule is CC(NC(=O)COC(=O)c1ccccc1Br)c1cccc2ccccc12. The summed E-state index contributed by atoms with van der Waals surface area (Å²) in [5, 5.41) is 5.09. The number of carbonyl (C=O) groups excluding carboxylic acids is 2. The van der Waals surface area contributed by atoms with Gasteiger partial charge in [0.15, 0.2) is 6.61 Å². The molecule has 0 spiro atoms. The number of amides is 1. The molecule has 0 saturated carbocycles. The minimum absolute atomic E-state index is 0.198. The Morgan fingerprint density at radius 1 is 1.00 bits per heavy atom. The molecule has 1 amide bonds. The first kappa shape index (κ1) is 18.1. The van der Waals surface area contributed by atoms with Crippen LogP contribution in [0.3, 0.4) is 0 Å². The van der Waals surface area contributed by atoms with E-state index >= 15 is 0 Å². The fourth-order valence-electron chi connectivity index (χ4n) is 2.82. The third kappa shape index (κ3) is 4.11. The summed E-state index contributed by atoms with van der Waals surface area (Å²) in [6, 6.07) is 20.7. The van der Waals surface area contributed by atoms with Crippen LogP contribution in [0, 0.1) is 0 Å². The van der Waals surface area contributed by atoms with Crippen molar-refractivity contribution in [3.8, 4) is 0 Å². The standard InChI is InChI=1S/C21H18BrNO3/c1-14(16-11-6-8-15-7-2-3-9-17(15)16)23-20(24)13-26-21(25)18-10-4-5-12-19(18)22/h2-12,14H,13H2,1H3,(H,23,24). The maximum atomic E-state index is 12.2. The molecule has 1 unspecified atom stereocenters. The van der Waals surface area contributed by atoms with Crippen molar-refractivity contribution in [2.24, 2.45) is 0 Å². The second kappa shape index (κ2) is 8.15. The molecule has 0 fully saturated rings. The van der Waals surface area contributed by atoms with Crippen molar-refractivity contribution in [3.05, 3.63) is 82.3 Å². The molecule has 3 aromatic rings. The predicted octanol–water partition coefficient (Wildman–Crippen LogP) is 4.64. The lowest BCUT2D eigenvalue weighted by atomic mass is 10.00. The summed E-state index contributed by atoms with van der Waals surface area (Å²) >= 11 is 3.30. The van der Waals surface area contributed by atoms with Gasteiger partial charge in [-0.1, -0.05) is 54.6 Å². The normalized spacial score (nSPS) is 11.8. The lowest BCUT2D eigenvalue weighted by Gasteiger charge is -2.16. The van der Waals surface area contributed by atoms with Gasteiger partial charge >= 0.3 is 5.97 Å². The van der Waals surface area contributed by atoms with Gasteiger partial charge in [-0.05, 0) is 51.3 Å². The van der Waals surface area contributed by atoms with Gasteiger partial charge in [0.05, 0.1) is 11.6 Å². The van der Waals surface area contributed by atoms with Crippen LogP contribution < -0.4 is 5.32 Å². The average molecular weight is 412 g/mol. The highest BCUT2D eigenvalue weighted by atomic mass is 79.9. The number of fused-ring (bicyclic) bond motifs is 1. The molecule has 0 bridgehead atoms. The maximum Gasteiger partial charge on any atom is 0.339 e. The Labute approximate surface area is 160 Å². The summed E-state index contributed by atoms with van der Waals surface area (Å²) in [6.07, 6.45) is 0. The van der Waals surface area contributed by atoms with Crippen LogP contribution in [-0.2, 0) is 9.53 Å². The Balaban J connectivity index is 1.63. The van der Waals surface area contributed by atoms with E-state index in [-0.39, 0.29) is 18.6 Å². The van der Waals surface area contributed by atoms with E-state index in [2.05, 4.69) is 21.2 Å². The number of benzene rings is 3. The maximum absolute atomic E-state index is 12.2. The molecule has 3 aromatic carbocycles. The molecule has 26 heavy (non-hydrogen) atoms. The van der Waals surface area contributed by atoms with Crippen LogP contribution in [0.2, 0.25) is 0 Å². The molecule has 0 heterocycles. The van der Waals surface area contributed by atoms with Gasteiger partial charge in [0.25, 0.3) is 5.91 Å². The van der Waals surface area contributed by atoms with Gasteiger partial charge in [-0.25, -0.2) is 4.79 Å². The van der Waals surface area contributed by atoms with Crippen LogP contribution in [0.4, 0.5) is 0 Å². The number of hydrogen-bond donors (Lipinski definition) is 1. The molecule has 0 aromatic heterocycles. The van der Waals surface area contributed by atoms with E-state index in [1.807, 2.05) is 49.4 Å². The number of hydrogen-bond acceptors (Lipinski definition) is 3. The van der Waals surface area contributed by atoms with E-state index in [1.165, 1.54) is 0 Å². The van der Waals surface area contributed by atoms with Crippen LogP contribution >= 0.6 is 15.9 Å². The second-order valence-electron chi connectivity index (χ2n) is 5.91. The molecule has 0 aliphatic heterocycles. The highest BCUT2D eigenvalue weighted by molar-refractivity contribution is 9.10. The van der Waals surface area contributed by atoms with Gasteiger partial charge in [0, 0.05) is 4.47 Å². The van der Waals surface area contributed by atoms with E-state index < -0.39 is 5.97 Å². The topological polar surface area (TPSA) is 55.4 Å². The van der Waals surface area contributed by atoms with Crippen molar-refractivity contribution in [2.75, 3.05) is 6.61 Å². The molecule has 1 N–H and O–H groups in total. The van der Waals surface area contributed by atoms with Crippen molar-refractivity contribution in [2.45, 2.75) is 13.0 Å². The van der Waals surface area contributed by atoms with Gasteiger partial charge in [-0.2, -0.15) is 0 Å². The number of carbonyl (C=O) groups is 2. The van der Waals surface area contributed by atoms with Gasteiger partial charge in [0.2, 0.25) is 0 Å². The zero-order valence-corrected chi connectivity index (χ0v) is 15.8. The zero-order valence-electron chi connectivity index (χ0n) is 14.2. The molecular formula is C21H18BrNO3. The fourth-order valence-corrected chi connectivity index (χ4v) is 3.27. The summed E-state index contributed by atoms with van der Waals surface area (Å²) in [5.74, 6) is -0.878. The van der Waals surface area contributed by atoms with E-state index in [4.69, 9.17) is 4.74 Å². The van der Waals surface area contributed by atoms with E-state index in [9.17, 15) is 9.59 Å². The number of esters is 1. The van der Waals surface area contributed by atoms with Crippen LogP contribution in [0.5, 0.6) is 0 Å². The van der Waals surface area contributed by atoms with Crippen LogP contribution in [0.1, 0.15) is 28.9 Å². The monoisotopic (exact) mass is 411 g/mol. The third-order valence-corrected chi connectivity index (χ3v) is 4.79. The van der Waals surface area contributed by atoms with Gasteiger partial charge in [-0.3, -0.25) is 4.79 Å². The first-order valence-corrected chi connectivity index (χ1v) is 9.04. The Hall–Kier alpha value is -2.66. The Morgan fingerprint density at radius 2 is 1.69 bits per heavy atom. The minimum atomic E-state index is -0.537. The average Bonchev–Trinajstić information content (AvgIpc) is 2.66. The van der Waals surface area contributed by atoms with Gasteiger partial charge in [0.1, 0.15) is 0 Å². The van der Waals surface area contributed by atoms with Crippen LogP contribution in [0.15, 0.2) is 71.2 Å². The Bertz CT molecular complexity index is 949. The lowest BCUT2D eigenvalue weighted by Crippen LogP contribution is -2.31. The van der Waals surface area contributed by atoms with Crippen LogP contribution in [-0.4, -0.2) is 18.5 Å². The number of nitrogens with one attached hydrogen (secondary N) is 1. The van der Waals surface area contributed by atoms with E-state index in [1.54, 1.807) is 24.3 Å². The number of halogens is 1. The van der Waals surface area contributed by atoms with Crippen molar-refractivity contribution in [3.63, 3.8) is 0 Å². The van der Waals surface area contributed by atoms with Crippen molar-refractivity contribution in [1.82, 2.24) is 5.32 Å². The molecule has 4 nitrogen and oxygen atoms in total. The quantitative estimate of drug-likeness (QED) is 0.622. The molecule has 5 heteroatoms. The summed E-state index contributed by atoms with van der Waals surface area (Å²) in [6.45, 7) is 1.59. The van der Waals surface area contributed by atoms with E-state index in [0.717, 1.165) is 16.3 Å². The highest BCUT2D eigenvalue weighted by Gasteiger charge is 2.15. The van der Waals surface area contributed by atoms with Crippen molar-refractivity contribution in [1.29, 1.82) is 0 Å². The zero-order chi connectivity index (χ0) is 18.5. The third-order valence-electron chi connectivity index (χ3n) is 4.10. The summed E-state index contributed by atoms with van der Waals surface area (Å²) in [5.41, 5.74) is 1.41. The molecule has 1 atom stereocenters. The number of ether oxygens (including phenoxy) is 1. The molecule has 132 valence electrons. The van der Waals surface area contributed by atoms with Crippen molar-refractivity contribution < 1.29 is 14.3 Å². The summed E-state index contributed by atoms with van der Waals surface area (Å²) < 4.78 is 5.75.